The number of rotatable bonds is 6. The summed E-state index contributed by atoms with van der Waals surface area (Å²) >= 11 is 11.8. The maximum Gasteiger partial charge on any atom is 0.263 e. The smallest absolute Gasteiger partial charge is 0.263 e. The number of carbonyl (C=O) groups is 1. The van der Waals surface area contributed by atoms with Crippen LogP contribution in [0, 0.1) is 0 Å². The molecule has 1 amide bonds. The lowest BCUT2D eigenvalue weighted by atomic mass is 10.3. The second-order valence-electron chi connectivity index (χ2n) is 5.26. The van der Waals surface area contributed by atoms with Crippen LogP contribution < -0.4 is 15.4 Å². The third kappa shape index (κ3) is 4.74. The highest BCUT2D eigenvalue weighted by molar-refractivity contribution is 6.35. The molecule has 0 atom stereocenters. The van der Waals surface area contributed by atoms with Gasteiger partial charge < -0.3 is 15.4 Å². The summed E-state index contributed by atoms with van der Waals surface area (Å²) in [5.74, 6) is 0.566. The summed E-state index contributed by atoms with van der Waals surface area (Å²) in [7, 11) is 0. The van der Waals surface area contributed by atoms with Gasteiger partial charge in [0.05, 0.1) is 16.9 Å². The zero-order valence-electron chi connectivity index (χ0n) is 12.2. The van der Waals surface area contributed by atoms with Crippen LogP contribution in [0.3, 0.4) is 0 Å². The molecule has 0 spiro atoms. The molecule has 0 saturated heterocycles. The molecule has 0 unspecified atom stereocenters. The molecule has 0 radical (unpaired) electrons. The summed E-state index contributed by atoms with van der Waals surface area (Å²) in [6.45, 7) is -0.162. The molecule has 23 heavy (non-hydrogen) atoms. The van der Waals surface area contributed by atoms with Crippen LogP contribution in [0.4, 0.5) is 11.5 Å². The van der Waals surface area contributed by atoms with E-state index >= 15 is 0 Å². The Morgan fingerprint density at radius 2 is 2.09 bits per heavy atom. The van der Waals surface area contributed by atoms with E-state index < -0.39 is 0 Å². The van der Waals surface area contributed by atoms with E-state index in [0.29, 0.717) is 27.7 Å². The fourth-order valence-corrected chi connectivity index (χ4v) is 2.39. The van der Waals surface area contributed by atoms with E-state index in [2.05, 4.69) is 15.6 Å². The largest absolute Gasteiger partial charge is 0.482 e. The first-order valence-electron chi connectivity index (χ1n) is 7.20. The van der Waals surface area contributed by atoms with Crippen molar-refractivity contribution in [2.75, 3.05) is 17.2 Å². The van der Waals surface area contributed by atoms with Crippen molar-refractivity contribution < 1.29 is 9.53 Å². The van der Waals surface area contributed by atoms with Crippen molar-refractivity contribution >= 4 is 40.6 Å². The molecule has 1 aromatic carbocycles. The van der Waals surface area contributed by atoms with E-state index in [4.69, 9.17) is 27.9 Å². The Balaban J connectivity index is 1.50. The van der Waals surface area contributed by atoms with Crippen LogP contribution in [0.25, 0.3) is 0 Å². The molecule has 1 aromatic heterocycles. The molecule has 5 nitrogen and oxygen atoms in total. The highest BCUT2D eigenvalue weighted by Crippen LogP contribution is 2.27. The standard InChI is InChI=1S/C16H15Cl2N3O2/c17-10-1-5-14(13(18)7-10)23-9-16(22)21-15-6-4-12(8-19-15)20-11-2-3-11/h1,4-8,11,20H,2-3,9H2,(H,19,21,22). The molecule has 7 heteroatoms. The summed E-state index contributed by atoms with van der Waals surface area (Å²) in [6.07, 6.45) is 4.09. The van der Waals surface area contributed by atoms with E-state index in [-0.39, 0.29) is 12.5 Å². The molecule has 1 aliphatic carbocycles. The van der Waals surface area contributed by atoms with Gasteiger partial charge in [0.1, 0.15) is 11.6 Å². The van der Waals surface area contributed by atoms with Gasteiger partial charge in [0.2, 0.25) is 0 Å². The number of anilines is 2. The first-order chi connectivity index (χ1) is 11.1. The van der Waals surface area contributed by atoms with Crippen LogP contribution in [-0.2, 0) is 4.79 Å². The molecule has 1 fully saturated rings. The second kappa shape index (κ2) is 7.06. The third-order valence-corrected chi connectivity index (χ3v) is 3.76. The highest BCUT2D eigenvalue weighted by atomic mass is 35.5. The predicted octanol–water partition coefficient (Wildman–Crippen LogP) is 3.98. The number of amides is 1. The Morgan fingerprint density at radius 3 is 2.74 bits per heavy atom. The van der Waals surface area contributed by atoms with Gasteiger partial charge in [0.15, 0.2) is 6.61 Å². The number of ether oxygens (including phenoxy) is 1. The van der Waals surface area contributed by atoms with Crippen molar-refractivity contribution in [1.82, 2.24) is 4.98 Å². The minimum absolute atomic E-state index is 0.162. The number of carbonyl (C=O) groups excluding carboxylic acids is 1. The SMILES string of the molecule is O=C(COc1ccc(Cl)cc1Cl)Nc1ccc(NC2CC2)cn1. The quantitative estimate of drug-likeness (QED) is 0.826. The van der Waals surface area contributed by atoms with Crippen LogP contribution in [0.5, 0.6) is 5.75 Å². The average Bonchev–Trinajstić information content (AvgIpc) is 3.32. The zero-order valence-corrected chi connectivity index (χ0v) is 13.7. The number of halogens is 2. The van der Waals surface area contributed by atoms with Gasteiger partial charge in [-0.1, -0.05) is 23.2 Å². The fourth-order valence-electron chi connectivity index (χ4n) is 1.93. The number of aromatic nitrogens is 1. The molecule has 1 saturated carbocycles. The molecule has 0 aliphatic heterocycles. The molecule has 1 heterocycles. The lowest BCUT2D eigenvalue weighted by Gasteiger charge is -2.09. The summed E-state index contributed by atoms with van der Waals surface area (Å²) in [5, 5.41) is 6.87. The molecule has 2 N–H and O–H groups in total. The van der Waals surface area contributed by atoms with E-state index in [0.717, 1.165) is 5.69 Å². The number of hydrogen-bond acceptors (Lipinski definition) is 4. The van der Waals surface area contributed by atoms with Crippen molar-refractivity contribution in [3.05, 3.63) is 46.6 Å². The summed E-state index contributed by atoms with van der Waals surface area (Å²) in [6, 6.07) is 9.02. The summed E-state index contributed by atoms with van der Waals surface area (Å²) < 4.78 is 5.37. The lowest BCUT2D eigenvalue weighted by Crippen LogP contribution is -2.20. The van der Waals surface area contributed by atoms with E-state index in [1.807, 2.05) is 6.07 Å². The van der Waals surface area contributed by atoms with Gasteiger partial charge in [-0.25, -0.2) is 4.98 Å². The lowest BCUT2D eigenvalue weighted by molar-refractivity contribution is -0.118. The zero-order chi connectivity index (χ0) is 16.2. The molecular formula is C16H15Cl2N3O2. The van der Waals surface area contributed by atoms with E-state index in [1.54, 1.807) is 30.5 Å². The molecule has 1 aliphatic rings. The highest BCUT2D eigenvalue weighted by Gasteiger charge is 2.20. The minimum Gasteiger partial charge on any atom is -0.482 e. The Kier molecular flexibility index (Phi) is 4.88. The van der Waals surface area contributed by atoms with Crippen LogP contribution in [0.1, 0.15) is 12.8 Å². The normalized spacial score (nSPS) is 13.5. The Morgan fingerprint density at radius 1 is 1.26 bits per heavy atom. The van der Waals surface area contributed by atoms with E-state index in [1.165, 1.54) is 12.8 Å². The summed E-state index contributed by atoms with van der Waals surface area (Å²) in [4.78, 5) is 16.1. The molecular weight excluding hydrogens is 337 g/mol. The van der Waals surface area contributed by atoms with Crippen molar-refractivity contribution in [3.8, 4) is 5.75 Å². The molecule has 3 rings (SSSR count). The number of nitrogens with one attached hydrogen (secondary N) is 2. The van der Waals surface area contributed by atoms with Gasteiger partial charge in [-0.2, -0.15) is 0 Å². The molecule has 2 aromatic rings. The Hall–Kier alpha value is -1.98. The first kappa shape index (κ1) is 15.9. The monoisotopic (exact) mass is 351 g/mol. The van der Waals surface area contributed by atoms with Crippen LogP contribution in [0.2, 0.25) is 10.0 Å². The van der Waals surface area contributed by atoms with Crippen molar-refractivity contribution in [1.29, 1.82) is 0 Å². The van der Waals surface area contributed by atoms with Crippen LogP contribution in [-0.4, -0.2) is 23.5 Å². The van der Waals surface area contributed by atoms with Gasteiger partial charge in [-0.15, -0.1) is 0 Å². The molecule has 120 valence electrons. The minimum atomic E-state index is -0.314. The third-order valence-electron chi connectivity index (χ3n) is 3.23. The van der Waals surface area contributed by atoms with E-state index in [9.17, 15) is 4.79 Å². The van der Waals surface area contributed by atoms with Gasteiger partial charge in [0, 0.05) is 11.1 Å². The average molecular weight is 352 g/mol. The van der Waals surface area contributed by atoms with Gasteiger partial charge >= 0.3 is 0 Å². The Bertz CT molecular complexity index is 703. The Labute approximate surface area is 144 Å². The summed E-state index contributed by atoms with van der Waals surface area (Å²) in [5.41, 5.74) is 0.953. The number of hydrogen-bond donors (Lipinski definition) is 2. The number of pyridine rings is 1. The van der Waals surface area contributed by atoms with Gasteiger partial charge in [-0.05, 0) is 43.2 Å². The van der Waals surface area contributed by atoms with Crippen LogP contribution >= 0.6 is 23.2 Å². The topological polar surface area (TPSA) is 63.2 Å². The maximum atomic E-state index is 11.9. The van der Waals surface area contributed by atoms with Crippen LogP contribution in [0.15, 0.2) is 36.5 Å². The second-order valence-corrected chi connectivity index (χ2v) is 6.11. The predicted molar refractivity (Wildman–Crippen MR) is 91.5 cm³/mol. The van der Waals surface area contributed by atoms with Crippen molar-refractivity contribution in [2.45, 2.75) is 18.9 Å². The number of benzene rings is 1. The molecule has 0 bridgehead atoms. The van der Waals surface area contributed by atoms with Crippen molar-refractivity contribution in [2.24, 2.45) is 0 Å². The van der Waals surface area contributed by atoms with Crippen molar-refractivity contribution in [3.63, 3.8) is 0 Å². The maximum absolute atomic E-state index is 11.9. The van der Waals surface area contributed by atoms with Gasteiger partial charge in [-0.3, -0.25) is 4.79 Å². The van der Waals surface area contributed by atoms with Gasteiger partial charge in [0.25, 0.3) is 5.91 Å². The first-order valence-corrected chi connectivity index (χ1v) is 7.96. The number of nitrogens with zero attached hydrogens (tertiary/aromatic N) is 1. The fraction of sp³-hybridized carbons (Fsp3) is 0.250.